The SMILES string of the molecule is Cc1cc(C)c(-c2ccc(CNCCNCCNCCN)cc2)c(C)c1. The van der Waals surface area contributed by atoms with Crippen LogP contribution in [0.25, 0.3) is 11.1 Å². The summed E-state index contributed by atoms with van der Waals surface area (Å²) in [5, 5.41) is 10.2. The Balaban J connectivity index is 1.75. The molecule has 142 valence electrons. The Labute approximate surface area is 158 Å². The smallest absolute Gasteiger partial charge is 0.0206 e. The van der Waals surface area contributed by atoms with E-state index in [1.807, 2.05) is 0 Å². The van der Waals surface area contributed by atoms with Gasteiger partial charge in [0.05, 0.1) is 0 Å². The Morgan fingerprint density at radius 3 is 1.85 bits per heavy atom. The quantitative estimate of drug-likeness (QED) is 0.468. The van der Waals surface area contributed by atoms with E-state index in [0.717, 1.165) is 39.3 Å². The first-order valence-electron chi connectivity index (χ1n) is 9.61. The van der Waals surface area contributed by atoms with E-state index in [9.17, 15) is 0 Å². The van der Waals surface area contributed by atoms with Crippen LogP contribution in [0.1, 0.15) is 22.3 Å². The van der Waals surface area contributed by atoms with Crippen LogP contribution < -0.4 is 21.7 Å². The number of benzene rings is 2. The van der Waals surface area contributed by atoms with Gasteiger partial charge >= 0.3 is 0 Å². The van der Waals surface area contributed by atoms with E-state index in [4.69, 9.17) is 5.73 Å². The van der Waals surface area contributed by atoms with E-state index >= 15 is 0 Å². The van der Waals surface area contributed by atoms with Gasteiger partial charge in [-0.25, -0.2) is 0 Å². The van der Waals surface area contributed by atoms with Crippen molar-refractivity contribution in [3.8, 4) is 11.1 Å². The number of nitrogens with two attached hydrogens (primary N) is 1. The van der Waals surface area contributed by atoms with Gasteiger partial charge in [-0.2, -0.15) is 0 Å². The van der Waals surface area contributed by atoms with E-state index < -0.39 is 0 Å². The van der Waals surface area contributed by atoms with E-state index in [1.54, 1.807) is 0 Å². The van der Waals surface area contributed by atoms with Crippen molar-refractivity contribution in [2.75, 3.05) is 39.3 Å². The molecule has 0 fully saturated rings. The molecular formula is C22H34N4. The zero-order valence-electron chi connectivity index (χ0n) is 16.5. The van der Waals surface area contributed by atoms with Crippen LogP contribution in [0.15, 0.2) is 36.4 Å². The first kappa shape index (κ1) is 20.6. The van der Waals surface area contributed by atoms with Crippen LogP contribution in [-0.2, 0) is 6.54 Å². The minimum absolute atomic E-state index is 0.698. The average molecular weight is 355 g/mol. The first-order chi connectivity index (χ1) is 12.6. The van der Waals surface area contributed by atoms with E-state index in [2.05, 4.69) is 73.1 Å². The third-order valence-electron chi connectivity index (χ3n) is 4.53. The molecule has 0 radical (unpaired) electrons. The van der Waals surface area contributed by atoms with Crippen LogP contribution in [-0.4, -0.2) is 39.3 Å². The monoisotopic (exact) mass is 354 g/mol. The molecule has 0 aliphatic rings. The standard InChI is InChI=1S/C22H34N4/c1-17-14-18(2)22(19(3)15-17)21-6-4-20(5-7-21)16-26-13-12-25-11-10-24-9-8-23/h4-7,14-15,24-26H,8-13,16,23H2,1-3H3. The molecule has 4 nitrogen and oxygen atoms in total. The zero-order chi connectivity index (χ0) is 18.8. The molecule has 0 bridgehead atoms. The van der Waals surface area contributed by atoms with Crippen molar-refractivity contribution in [2.45, 2.75) is 27.3 Å². The Bertz CT molecular complexity index is 641. The molecule has 2 aromatic carbocycles. The van der Waals surface area contributed by atoms with E-state index in [-0.39, 0.29) is 0 Å². The summed E-state index contributed by atoms with van der Waals surface area (Å²) < 4.78 is 0. The fraction of sp³-hybridized carbons (Fsp3) is 0.455. The van der Waals surface area contributed by atoms with E-state index in [0.29, 0.717) is 6.54 Å². The van der Waals surface area contributed by atoms with Crippen LogP contribution in [0.3, 0.4) is 0 Å². The van der Waals surface area contributed by atoms with Crippen LogP contribution in [0.4, 0.5) is 0 Å². The third-order valence-corrected chi connectivity index (χ3v) is 4.53. The molecule has 0 saturated carbocycles. The number of nitrogens with one attached hydrogen (secondary N) is 3. The maximum atomic E-state index is 5.43. The number of hydrogen-bond acceptors (Lipinski definition) is 4. The summed E-state index contributed by atoms with van der Waals surface area (Å²) in [6.07, 6.45) is 0. The van der Waals surface area contributed by atoms with Gasteiger partial charge in [0.1, 0.15) is 0 Å². The van der Waals surface area contributed by atoms with Crippen LogP contribution in [0.5, 0.6) is 0 Å². The van der Waals surface area contributed by atoms with Gasteiger partial charge in [0.15, 0.2) is 0 Å². The molecule has 0 spiro atoms. The number of rotatable bonds is 11. The molecule has 0 saturated heterocycles. The normalized spacial score (nSPS) is 11.1. The van der Waals surface area contributed by atoms with Gasteiger partial charge in [0.25, 0.3) is 0 Å². The van der Waals surface area contributed by atoms with Crippen molar-refractivity contribution in [1.82, 2.24) is 16.0 Å². The highest BCUT2D eigenvalue weighted by molar-refractivity contribution is 5.71. The highest BCUT2D eigenvalue weighted by atomic mass is 15.0. The zero-order valence-corrected chi connectivity index (χ0v) is 16.5. The van der Waals surface area contributed by atoms with Crippen molar-refractivity contribution in [2.24, 2.45) is 5.73 Å². The summed E-state index contributed by atoms with van der Waals surface area (Å²) in [7, 11) is 0. The molecular weight excluding hydrogens is 320 g/mol. The summed E-state index contributed by atoms with van der Waals surface area (Å²) in [5.41, 5.74) is 13.4. The largest absolute Gasteiger partial charge is 0.329 e. The van der Waals surface area contributed by atoms with Crippen molar-refractivity contribution < 1.29 is 0 Å². The summed E-state index contributed by atoms with van der Waals surface area (Å²) in [6, 6.07) is 13.5. The van der Waals surface area contributed by atoms with Gasteiger partial charge in [-0.15, -0.1) is 0 Å². The van der Waals surface area contributed by atoms with Crippen molar-refractivity contribution in [3.63, 3.8) is 0 Å². The molecule has 0 aromatic heterocycles. The van der Waals surface area contributed by atoms with Gasteiger partial charge in [0, 0.05) is 45.8 Å². The summed E-state index contributed by atoms with van der Waals surface area (Å²) in [6.45, 7) is 12.9. The van der Waals surface area contributed by atoms with Crippen molar-refractivity contribution in [1.29, 1.82) is 0 Å². The molecule has 0 heterocycles. The molecule has 5 N–H and O–H groups in total. The molecule has 4 heteroatoms. The number of hydrogen-bond donors (Lipinski definition) is 4. The lowest BCUT2D eigenvalue weighted by Gasteiger charge is -2.12. The lowest BCUT2D eigenvalue weighted by Crippen LogP contribution is -2.34. The van der Waals surface area contributed by atoms with Gasteiger partial charge < -0.3 is 21.7 Å². The molecule has 0 unspecified atom stereocenters. The molecule has 0 atom stereocenters. The van der Waals surface area contributed by atoms with E-state index in [1.165, 1.54) is 33.4 Å². The maximum Gasteiger partial charge on any atom is 0.0206 e. The third kappa shape index (κ3) is 6.54. The summed E-state index contributed by atoms with van der Waals surface area (Å²) >= 11 is 0. The van der Waals surface area contributed by atoms with Crippen LogP contribution >= 0.6 is 0 Å². The second kappa shape index (κ2) is 11.1. The van der Waals surface area contributed by atoms with Gasteiger partial charge in [0.2, 0.25) is 0 Å². The molecule has 2 aromatic rings. The summed E-state index contributed by atoms with van der Waals surface area (Å²) in [4.78, 5) is 0. The van der Waals surface area contributed by atoms with Crippen LogP contribution in [0.2, 0.25) is 0 Å². The Kier molecular flexibility index (Phi) is 8.78. The van der Waals surface area contributed by atoms with Crippen molar-refractivity contribution >= 4 is 0 Å². The van der Waals surface area contributed by atoms with Gasteiger partial charge in [-0.1, -0.05) is 42.0 Å². The number of aryl methyl sites for hydroxylation is 3. The Morgan fingerprint density at radius 1 is 0.731 bits per heavy atom. The lowest BCUT2D eigenvalue weighted by molar-refractivity contribution is 0.583. The second-order valence-electron chi connectivity index (χ2n) is 6.94. The fourth-order valence-corrected chi connectivity index (χ4v) is 3.36. The topological polar surface area (TPSA) is 62.1 Å². The molecule has 0 aliphatic carbocycles. The minimum Gasteiger partial charge on any atom is -0.329 e. The Hall–Kier alpha value is -1.72. The van der Waals surface area contributed by atoms with Crippen LogP contribution in [0, 0.1) is 20.8 Å². The summed E-state index contributed by atoms with van der Waals surface area (Å²) in [5.74, 6) is 0. The Morgan fingerprint density at radius 2 is 1.27 bits per heavy atom. The predicted octanol–water partition coefficient (Wildman–Crippen LogP) is 2.51. The fourth-order valence-electron chi connectivity index (χ4n) is 3.36. The average Bonchev–Trinajstić information content (AvgIpc) is 2.61. The van der Waals surface area contributed by atoms with Crippen molar-refractivity contribution in [3.05, 3.63) is 58.7 Å². The maximum absolute atomic E-state index is 5.43. The molecule has 2 rings (SSSR count). The first-order valence-corrected chi connectivity index (χ1v) is 9.61. The van der Waals surface area contributed by atoms with Gasteiger partial charge in [-0.05, 0) is 48.6 Å². The molecule has 26 heavy (non-hydrogen) atoms. The highest BCUT2D eigenvalue weighted by Gasteiger charge is 2.06. The molecule has 0 amide bonds. The minimum atomic E-state index is 0.698. The van der Waals surface area contributed by atoms with Gasteiger partial charge in [-0.3, -0.25) is 0 Å². The predicted molar refractivity (Wildman–Crippen MR) is 113 cm³/mol. The lowest BCUT2D eigenvalue weighted by atomic mass is 9.93. The second-order valence-corrected chi connectivity index (χ2v) is 6.94. The highest BCUT2D eigenvalue weighted by Crippen LogP contribution is 2.28. The molecule has 0 aliphatic heterocycles.